The Hall–Kier alpha value is -1.98. The number of nitrogens with zero attached hydrogens (tertiary/aromatic N) is 2. The maximum atomic E-state index is 13.9. The first-order valence-electron chi connectivity index (χ1n) is 9.76. The van der Waals surface area contributed by atoms with Crippen LogP contribution in [0.3, 0.4) is 0 Å². The van der Waals surface area contributed by atoms with Crippen molar-refractivity contribution in [2.75, 3.05) is 38.6 Å². The second-order valence-electron chi connectivity index (χ2n) is 7.70. The third kappa shape index (κ3) is 5.98. The molecule has 0 spiro atoms. The molecule has 0 aliphatic carbocycles. The Kier molecular flexibility index (Phi) is 8.09. The Morgan fingerprint density at radius 1 is 1.12 bits per heavy atom. The molecule has 0 radical (unpaired) electrons. The number of rotatable bonds is 10. The van der Waals surface area contributed by atoms with E-state index in [9.17, 15) is 21.2 Å². The highest BCUT2D eigenvalue weighted by atomic mass is 35.5. The summed E-state index contributed by atoms with van der Waals surface area (Å²) in [6.45, 7) is -1.01. The van der Waals surface area contributed by atoms with Crippen LogP contribution in [-0.2, 0) is 24.3 Å². The van der Waals surface area contributed by atoms with E-state index < -0.39 is 37.1 Å². The van der Waals surface area contributed by atoms with Crippen molar-refractivity contribution in [2.24, 2.45) is 11.1 Å². The fourth-order valence-corrected chi connectivity index (χ4v) is 6.50. The van der Waals surface area contributed by atoms with E-state index in [1.165, 1.54) is 30.3 Å². The van der Waals surface area contributed by atoms with Gasteiger partial charge in [-0.2, -0.15) is 18.0 Å². The lowest BCUT2D eigenvalue weighted by Gasteiger charge is -2.48. The van der Waals surface area contributed by atoms with Gasteiger partial charge in [0.05, 0.1) is 35.0 Å². The van der Waals surface area contributed by atoms with Gasteiger partial charge in [0.1, 0.15) is 22.5 Å². The molecule has 0 amide bonds. The van der Waals surface area contributed by atoms with Crippen LogP contribution in [-0.4, -0.2) is 59.7 Å². The van der Waals surface area contributed by atoms with Crippen LogP contribution in [0.15, 0.2) is 41.3 Å². The maximum absolute atomic E-state index is 13.9. The molecule has 2 aromatic rings. The van der Waals surface area contributed by atoms with Crippen molar-refractivity contribution in [3.05, 3.63) is 57.8 Å². The Labute approximate surface area is 206 Å². The number of halogens is 3. The smallest absolute Gasteiger partial charge is 0.268 e. The van der Waals surface area contributed by atoms with E-state index in [1.54, 1.807) is 6.07 Å². The van der Waals surface area contributed by atoms with Crippen molar-refractivity contribution in [2.45, 2.75) is 4.90 Å². The SMILES string of the molecule is N#Cc1ccc(OCC2(COS(=O)(=O)CCN)CN(S(=O)(=O)c3ccc(Cl)cc3Cl)C2)cc1F. The summed E-state index contributed by atoms with van der Waals surface area (Å²) in [4.78, 5) is -0.154. The summed E-state index contributed by atoms with van der Waals surface area (Å²) in [5.41, 5.74) is 4.06. The Morgan fingerprint density at radius 3 is 2.41 bits per heavy atom. The molecule has 0 unspecified atom stereocenters. The minimum atomic E-state index is -4.02. The van der Waals surface area contributed by atoms with Crippen molar-refractivity contribution in [1.82, 2.24) is 4.31 Å². The molecule has 0 bridgehead atoms. The lowest BCUT2D eigenvalue weighted by atomic mass is 9.83. The summed E-state index contributed by atoms with van der Waals surface area (Å²) in [5, 5.41) is 9.06. The van der Waals surface area contributed by atoms with Crippen molar-refractivity contribution < 1.29 is 30.1 Å². The molecule has 1 fully saturated rings. The van der Waals surface area contributed by atoms with E-state index >= 15 is 0 Å². The summed E-state index contributed by atoms with van der Waals surface area (Å²) < 4.78 is 75.7. The van der Waals surface area contributed by atoms with Crippen molar-refractivity contribution in [1.29, 1.82) is 5.26 Å². The van der Waals surface area contributed by atoms with Crippen LogP contribution in [0.25, 0.3) is 0 Å². The average Bonchev–Trinajstić information content (AvgIpc) is 2.72. The summed E-state index contributed by atoms with van der Waals surface area (Å²) >= 11 is 11.9. The standard InChI is InChI=1S/C20H20Cl2FN3O6S2/c21-15-2-4-19(17(22)7-15)34(29,30)26-10-20(11-26,13-32-33(27,28)6-5-24)12-31-16-3-1-14(9-25)18(23)8-16/h1-4,7-8H,5-6,10-13,24H2. The lowest BCUT2D eigenvalue weighted by molar-refractivity contribution is -0.0173. The van der Waals surface area contributed by atoms with Gasteiger partial charge in [-0.1, -0.05) is 23.2 Å². The molecule has 2 aromatic carbocycles. The number of hydrogen-bond donors (Lipinski definition) is 1. The van der Waals surface area contributed by atoms with Gasteiger partial charge in [0.15, 0.2) is 0 Å². The van der Waals surface area contributed by atoms with E-state index in [2.05, 4.69) is 0 Å². The largest absolute Gasteiger partial charge is 0.493 e. The Bertz CT molecular complexity index is 1330. The topological polar surface area (TPSA) is 140 Å². The molecule has 3 rings (SSSR count). The van der Waals surface area contributed by atoms with Gasteiger partial charge < -0.3 is 10.5 Å². The molecule has 1 aliphatic rings. The molecule has 2 N–H and O–H groups in total. The van der Waals surface area contributed by atoms with E-state index in [0.717, 1.165) is 10.4 Å². The Morgan fingerprint density at radius 2 is 1.82 bits per heavy atom. The maximum Gasteiger partial charge on any atom is 0.268 e. The van der Waals surface area contributed by atoms with Crippen molar-refractivity contribution >= 4 is 43.3 Å². The predicted molar refractivity (Wildman–Crippen MR) is 123 cm³/mol. The van der Waals surface area contributed by atoms with E-state index in [1.807, 2.05) is 0 Å². The number of nitrogens with two attached hydrogens (primary N) is 1. The second kappa shape index (κ2) is 10.3. The Balaban J connectivity index is 1.80. The predicted octanol–water partition coefficient (Wildman–Crippen LogP) is 2.38. The molecular weight excluding hydrogens is 532 g/mol. The van der Waals surface area contributed by atoms with Crippen LogP contribution in [0.2, 0.25) is 10.0 Å². The number of sulfonamides is 1. The zero-order valence-corrected chi connectivity index (χ0v) is 20.7. The van der Waals surface area contributed by atoms with Crippen molar-refractivity contribution in [3.63, 3.8) is 0 Å². The summed E-state index contributed by atoms with van der Waals surface area (Å²) in [7, 11) is -7.95. The normalized spacial score (nSPS) is 16.0. The molecule has 9 nitrogen and oxygen atoms in total. The zero-order valence-electron chi connectivity index (χ0n) is 17.6. The van der Waals surface area contributed by atoms with Crippen LogP contribution in [0.1, 0.15) is 5.56 Å². The fourth-order valence-electron chi connectivity index (χ4n) is 3.25. The van der Waals surface area contributed by atoms with Crippen LogP contribution in [0.4, 0.5) is 4.39 Å². The minimum Gasteiger partial charge on any atom is -0.493 e. The van der Waals surface area contributed by atoms with Crippen LogP contribution in [0, 0.1) is 22.6 Å². The van der Waals surface area contributed by atoms with Crippen LogP contribution < -0.4 is 10.5 Å². The molecule has 1 saturated heterocycles. The molecule has 0 saturated carbocycles. The van der Waals surface area contributed by atoms with E-state index in [0.29, 0.717) is 0 Å². The molecule has 0 atom stereocenters. The minimum absolute atomic E-state index is 0.0592. The van der Waals surface area contributed by atoms with Gasteiger partial charge in [-0.15, -0.1) is 0 Å². The average molecular weight is 552 g/mol. The highest BCUT2D eigenvalue weighted by Crippen LogP contribution is 2.38. The number of benzene rings is 2. The van der Waals surface area contributed by atoms with Gasteiger partial charge in [0.25, 0.3) is 10.1 Å². The molecule has 184 valence electrons. The highest BCUT2D eigenvalue weighted by molar-refractivity contribution is 7.89. The second-order valence-corrected chi connectivity index (χ2v) is 12.2. The van der Waals surface area contributed by atoms with Gasteiger partial charge in [0, 0.05) is 30.7 Å². The quantitative estimate of drug-likeness (QED) is 0.444. The third-order valence-electron chi connectivity index (χ3n) is 5.05. The molecular formula is C20H20Cl2FN3O6S2. The van der Waals surface area contributed by atoms with Gasteiger partial charge in [-0.3, -0.25) is 4.18 Å². The number of hydrogen-bond acceptors (Lipinski definition) is 8. The number of nitriles is 1. The number of ether oxygens (including phenoxy) is 1. The molecule has 1 aliphatic heterocycles. The summed E-state index contributed by atoms with van der Waals surface area (Å²) in [5.74, 6) is -1.11. The van der Waals surface area contributed by atoms with Gasteiger partial charge in [-0.25, -0.2) is 12.8 Å². The lowest BCUT2D eigenvalue weighted by Crippen LogP contribution is -2.63. The summed E-state index contributed by atoms with van der Waals surface area (Å²) in [6, 6.07) is 9.28. The van der Waals surface area contributed by atoms with E-state index in [-0.39, 0.29) is 59.1 Å². The summed E-state index contributed by atoms with van der Waals surface area (Å²) in [6.07, 6.45) is 0. The van der Waals surface area contributed by atoms with Crippen LogP contribution in [0.5, 0.6) is 5.75 Å². The van der Waals surface area contributed by atoms with Gasteiger partial charge in [-0.05, 0) is 30.3 Å². The fraction of sp³-hybridized carbons (Fsp3) is 0.350. The molecule has 34 heavy (non-hydrogen) atoms. The monoisotopic (exact) mass is 551 g/mol. The highest BCUT2D eigenvalue weighted by Gasteiger charge is 2.50. The van der Waals surface area contributed by atoms with Crippen molar-refractivity contribution in [3.8, 4) is 11.8 Å². The zero-order chi connectivity index (χ0) is 25.1. The molecule has 0 aromatic heterocycles. The van der Waals surface area contributed by atoms with Crippen LogP contribution >= 0.6 is 23.2 Å². The first-order chi connectivity index (χ1) is 15.9. The third-order valence-corrected chi connectivity index (χ3v) is 8.78. The first-order valence-corrected chi connectivity index (χ1v) is 13.5. The molecule has 1 heterocycles. The van der Waals surface area contributed by atoms with Gasteiger partial charge >= 0.3 is 0 Å². The van der Waals surface area contributed by atoms with Gasteiger partial charge in [0.2, 0.25) is 10.0 Å². The van der Waals surface area contributed by atoms with E-state index in [4.69, 9.17) is 43.1 Å². The molecule has 14 heteroatoms. The first kappa shape index (κ1) is 26.6.